The lowest BCUT2D eigenvalue weighted by atomic mass is 9.94. The maximum absolute atomic E-state index is 12.3. The van der Waals surface area contributed by atoms with Gasteiger partial charge in [-0.25, -0.2) is 13.1 Å². The number of hydrogen-bond donors (Lipinski definition) is 1. The summed E-state index contributed by atoms with van der Waals surface area (Å²) in [7, 11) is -3.48. The number of ether oxygens (including phenoxy) is 1. The first kappa shape index (κ1) is 15.0. The van der Waals surface area contributed by atoms with Crippen molar-refractivity contribution in [1.82, 2.24) is 4.72 Å². The van der Waals surface area contributed by atoms with Gasteiger partial charge in [-0.15, -0.1) is 0 Å². The van der Waals surface area contributed by atoms with E-state index in [0.29, 0.717) is 23.6 Å². The van der Waals surface area contributed by atoms with Crippen LogP contribution in [-0.2, 0) is 14.8 Å². The van der Waals surface area contributed by atoms with Crippen LogP contribution < -0.4 is 4.72 Å². The number of halogens is 1. The van der Waals surface area contributed by atoms with Crippen LogP contribution in [0.3, 0.4) is 0 Å². The highest BCUT2D eigenvalue weighted by Crippen LogP contribution is 2.24. The molecule has 1 aliphatic rings. The lowest BCUT2D eigenvalue weighted by Gasteiger charge is -2.28. The molecule has 1 aromatic rings. The minimum Gasteiger partial charge on any atom is -0.381 e. The van der Waals surface area contributed by atoms with Gasteiger partial charge >= 0.3 is 0 Å². The van der Waals surface area contributed by atoms with Crippen LogP contribution in [0.2, 0.25) is 0 Å². The van der Waals surface area contributed by atoms with Crippen molar-refractivity contribution in [2.45, 2.75) is 30.7 Å². The monoisotopic (exact) mass is 347 g/mol. The van der Waals surface area contributed by atoms with Gasteiger partial charge in [-0.1, -0.05) is 12.1 Å². The van der Waals surface area contributed by atoms with Crippen molar-refractivity contribution in [1.29, 1.82) is 0 Å². The predicted octanol–water partition coefficient (Wildman–Crippen LogP) is 2.54. The van der Waals surface area contributed by atoms with Crippen molar-refractivity contribution in [2.24, 2.45) is 5.92 Å². The first-order valence-electron chi connectivity index (χ1n) is 6.35. The molecule has 0 radical (unpaired) electrons. The third-order valence-corrected chi connectivity index (χ3v) is 6.01. The van der Waals surface area contributed by atoms with Crippen molar-refractivity contribution in [3.05, 3.63) is 28.7 Å². The zero-order valence-electron chi connectivity index (χ0n) is 10.8. The first-order chi connectivity index (χ1) is 9.00. The van der Waals surface area contributed by atoms with Gasteiger partial charge < -0.3 is 4.74 Å². The van der Waals surface area contributed by atoms with Gasteiger partial charge in [0.25, 0.3) is 0 Å². The molecule has 1 aliphatic heterocycles. The summed E-state index contributed by atoms with van der Waals surface area (Å²) in [5, 5.41) is 0. The molecule has 1 fully saturated rings. The van der Waals surface area contributed by atoms with E-state index in [9.17, 15) is 8.42 Å². The van der Waals surface area contributed by atoms with Gasteiger partial charge in [0.15, 0.2) is 0 Å². The van der Waals surface area contributed by atoms with Gasteiger partial charge in [-0.05, 0) is 53.7 Å². The Hall–Kier alpha value is -0.430. The molecule has 0 spiro atoms. The highest BCUT2D eigenvalue weighted by atomic mass is 79.9. The number of rotatable bonds is 4. The largest absolute Gasteiger partial charge is 0.381 e. The highest BCUT2D eigenvalue weighted by Gasteiger charge is 2.26. The van der Waals surface area contributed by atoms with Gasteiger partial charge in [-0.3, -0.25) is 0 Å². The summed E-state index contributed by atoms with van der Waals surface area (Å²) in [4.78, 5) is 0.286. The van der Waals surface area contributed by atoms with Gasteiger partial charge in [0.05, 0.1) is 4.90 Å². The Morgan fingerprint density at radius 2 is 1.95 bits per heavy atom. The number of sulfonamides is 1. The van der Waals surface area contributed by atoms with Gasteiger partial charge in [0.1, 0.15) is 0 Å². The Balaban J connectivity index is 2.11. The average Bonchev–Trinajstić information content (AvgIpc) is 2.39. The van der Waals surface area contributed by atoms with Gasteiger partial charge in [0.2, 0.25) is 10.0 Å². The van der Waals surface area contributed by atoms with Crippen molar-refractivity contribution < 1.29 is 13.2 Å². The number of hydrogen-bond acceptors (Lipinski definition) is 3. The fourth-order valence-electron chi connectivity index (χ4n) is 2.28. The van der Waals surface area contributed by atoms with E-state index in [1.807, 2.05) is 6.92 Å². The summed E-state index contributed by atoms with van der Waals surface area (Å²) in [6.45, 7) is 3.35. The highest BCUT2D eigenvalue weighted by molar-refractivity contribution is 9.10. The third kappa shape index (κ3) is 3.78. The van der Waals surface area contributed by atoms with E-state index in [0.717, 1.165) is 12.8 Å². The van der Waals surface area contributed by atoms with Crippen LogP contribution in [0.1, 0.15) is 19.8 Å². The Kier molecular flexibility index (Phi) is 5.00. The minimum absolute atomic E-state index is 0.0824. The molecule has 1 atom stereocenters. The Labute approximate surface area is 122 Å². The first-order valence-corrected chi connectivity index (χ1v) is 8.63. The molecule has 2 rings (SSSR count). The smallest absolute Gasteiger partial charge is 0.241 e. The Morgan fingerprint density at radius 3 is 2.58 bits per heavy atom. The molecule has 1 saturated heterocycles. The number of nitrogens with one attached hydrogen (secondary N) is 1. The zero-order chi connectivity index (χ0) is 13.9. The maximum atomic E-state index is 12.3. The SMILES string of the molecule is CC(NS(=O)(=O)c1ccccc1Br)C1CCOCC1. The van der Waals surface area contributed by atoms with Crippen LogP contribution in [0.25, 0.3) is 0 Å². The van der Waals surface area contributed by atoms with E-state index in [4.69, 9.17) is 4.74 Å². The summed E-state index contributed by atoms with van der Waals surface area (Å²) in [5.74, 6) is 0.339. The molecule has 1 N–H and O–H groups in total. The van der Waals surface area contributed by atoms with Gasteiger partial charge in [-0.2, -0.15) is 0 Å². The molecule has 0 aliphatic carbocycles. The summed E-state index contributed by atoms with van der Waals surface area (Å²) in [6, 6.07) is 6.77. The predicted molar refractivity (Wildman–Crippen MR) is 77.5 cm³/mol. The molecule has 0 aromatic heterocycles. The van der Waals surface area contributed by atoms with Crippen molar-refractivity contribution in [3.8, 4) is 0 Å². The van der Waals surface area contributed by atoms with Crippen LogP contribution in [0, 0.1) is 5.92 Å². The van der Waals surface area contributed by atoms with E-state index in [-0.39, 0.29) is 10.9 Å². The molecule has 0 amide bonds. The quantitative estimate of drug-likeness (QED) is 0.910. The lowest BCUT2D eigenvalue weighted by Crippen LogP contribution is -2.40. The molecular formula is C13H18BrNO3S. The summed E-state index contributed by atoms with van der Waals surface area (Å²) < 4.78 is 33.3. The van der Waals surface area contributed by atoms with Crippen molar-refractivity contribution in [2.75, 3.05) is 13.2 Å². The normalized spacial score (nSPS) is 19.3. The second-order valence-electron chi connectivity index (χ2n) is 4.79. The van der Waals surface area contributed by atoms with E-state index >= 15 is 0 Å². The molecule has 1 heterocycles. The maximum Gasteiger partial charge on any atom is 0.241 e. The second-order valence-corrected chi connectivity index (χ2v) is 7.33. The molecule has 19 heavy (non-hydrogen) atoms. The van der Waals surface area contributed by atoms with Crippen molar-refractivity contribution >= 4 is 26.0 Å². The van der Waals surface area contributed by atoms with Crippen LogP contribution >= 0.6 is 15.9 Å². The summed E-state index contributed by atoms with van der Waals surface area (Å²) in [5.41, 5.74) is 0. The number of benzene rings is 1. The van der Waals surface area contributed by atoms with E-state index in [1.165, 1.54) is 0 Å². The van der Waals surface area contributed by atoms with Crippen LogP contribution in [0.5, 0.6) is 0 Å². The molecule has 106 valence electrons. The molecule has 0 bridgehead atoms. The minimum atomic E-state index is -3.48. The summed E-state index contributed by atoms with van der Waals surface area (Å²) >= 11 is 3.28. The fraction of sp³-hybridized carbons (Fsp3) is 0.538. The summed E-state index contributed by atoms with van der Waals surface area (Å²) in [6.07, 6.45) is 1.80. The zero-order valence-corrected chi connectivity index (χ0v) is 13.2. The third-order valence-electron chi connectivity index (χ3n) is 3.44. The Morgan fingerprint density at radius 1 is 1.32 bits per heavy atom. The molecule has 0 saturated carbocycles. The molecule has 4 nitrogen and oxygen atoms in total. The standard InChI is InChI=1S/C13H18BrNO3S/c1-10(11-6-8-18-9-7-11)15-19(16,17)13-5-3-2-4-12(13)14/h2-5,10-11,15H,6-9H2,1H3. The average molecular weight is 348 g/mol. The molecular weight excluding hydrogens is 330 g/mol. The van der Waals surface area contributed by atoms with Crippen LogP contribution in [0.4, 0.5) is 0 Å². The second kappa shape index (κ2) is 6.35. The molecule has 1 aromatic carbocycles. The molecule has 6 heteroatoms. The van der Waals surface area contributed by atoms with E-state index in [1.54, 1.807) is 24.3 Å². The van der Waals surface area contributed by atoms with Crippen LogP contribution in [-0.4, -0.2) is 27.7 Å². The van der Waals surface area contributed by atoms with Gasteiger partial charge in [0, 0.05) is 23.7 Å². The van der Waals surface area contributed by atoms with E-state index in [2.05, 4.69) is 20.7 Å². The topological polar surface area (TPSA) is 55.4 Å². The molecule has 1 unspecified atom stereocenters. The Bertz CT molecular complexity index is 526. The van der Waals surface area contributed by atoms with Crippen molar-refractivity contribution in [3.63, 3.8) is 0 Å². The van der Waals surface area contributed by atoms with Crippen LogP contribution in [0.15, 0.2) is 33.6 Å². The lowest BCUT2D eigenvalue weighted by molar-refractivity contribution is 0.0585. The van der Waals surface area contributed by atoms with E-state index < -0.39 is 10.0 Å². The fourth-order valence-corrected chi connectivity index (χ4v) is 4.60.